The standard InChI is InChI=1S/C28H28N4O5/c1-3-35-24-12-10-23(11-13-24)31-27(33)16-28(34)32-30-18-20-9-14-25(26(15-20)36-4-2)37-19-22-8-6-5-7-21(22)17-29/h5-15,18H,3-4,16,19H2,1-2H3,(H,31,33)(H,32,34). The summed E-state index contributed by atoms with van der Waals surface area (Å²) in [6.45, 7) is 4.93. The van der Waals surface area contributed by atoms with E-state index >= 15 is 0 Å². The molecule has 0 aliphatic carbocycles. The van der Waals surface area contributed by atoms with E-state index in [-0.39, 0.29) is 13.0 Å². The normalized spacial score (nSPS) is 10.4. The maximum atomic E-state index is 12.1. The van der Waals surface area contributed by atoms with Gasteiger partial charge in [0.1, 0.15) is 18.8 Å². The van der Waals surface area contributed by atoms with Crippen LogP contribution in [0.4, 0.5) is 5.69 Å². The average Bonchev–Trinajstić information content (AvgIpc) is 2.90. The molecule has 3 aromatic carbocycles. The van der Waals surface area contributed by atoms with Crippen LogP contribution in [-0.4, -0.2) is 31.2 Å². The summed E-state index contributed by atoms with van der Waals surface area (Å²) in [5, 5.41) is 15.8. The Kier molecular flexibility index (Phi) is 10.1. The fraction of sp³-hybridized carbons (Fsp3) is 0.214. The first-order valence-electron chi connectivity index (χ1n) is 11.7. The molecule has 9 nitrogen and oxygen atoms in total. The van der Waals surface area contributed by atoms with Gasteiger partial charge in [0.05, 0.1) is 31.1 Å². The maximum absolute atomic E-state index is 12.1. The highest BCUT2D eigenvalue weighted by molar-refractivity contribution is 6.03. The highest BCUT2D eigenvalue weighted by Crippen LogP contribution is 2.29. The van der Waals surface area contributed by atoms with Crippen molar-refractivity contribution in [3.05, 3.63) is 83.4 Å². The van der Waals surface area contributed by atoms with Crippen LogP contribution in [0.25, 0.3) is 0 Å². The maximum Gasteiger partial charge on any atom is 0.249 e. The molecular weight excluding hydrogens is 472 g/mol. The van der Waals surface area contributed by atoms with Crippen molar-refractivity contribution in [2.45, 2.75) is 26.9 Å². The zero-order valence-electron chi connectivity index (χ0n) is 20.7. The molecule has 3 aromatic rings. The molecule has 0 saturated heterocycles. The van der Waals surface area contributed by atoms with Gasteiger partial charge in [-0.3, -0.25) is 9.59 Å². The minimum atomic E-state index is -0.555. The number of nitrogens with one attached hydrogen (secondary N) is 2. The lowest BCUT2D eigenvalue weighted by atomic mass is 10.1. The van der Waals surface area contributed by atoms with Crippen molar-refractivity contribution < 1.29 is 23.8 Å². The van der Waals surface area contributed by atoms with E-state index in [2.05, 4.69) is 21.9 Å². The van der Waals surface area contributed by atoms with Crippen LogP contribution in [0.5, 0.6) is 17.2 Å². The lowest BCUT2D eigenvalue weighted by molar-refractivity contribution is -0.126. The molecule has 0 bridgehead atoms. The predicted molar refractivity (Wildman–Crippen MR) is 140 cm³/mol. The number of carbonyl (C=O) groups is 2. The van der Waals surface area contributed by atoms with Crippen molar-refractivity contribution in [1.82, 2.24) is 5.43 Å². The monoisotopic (exact) mass is 500 g/mol. The zero-order valence-corrected chi connectivity index (χ0v) is 20.7. The van der Waals surface area contributed by atoms with Crippen molar-refractivity contribution >= 4 is 23.7 Å². The van der Waals surface area contributed by atoms with Crippen LogP contribution in [-0.2, 0) is 16.2 Å². The topological polar surface area (TPSA) is 122 Å². The summed E-state index contributed by atoms with van der Waals surface area (Å²) in [6, 6.07) is 21.4. The Balaban J connectivity index is 1.53. The number of rotatable bonds is 12. The summed E-state index contributed by atoms with van der Waals surface area (Å²) in [6.07, 6.45) is 1.06. The lowest BCUT2D eigenvalue weighted by Crippen LogP contribution is -2.24. The molecule has 0 spiro atoms. The van der Waals surface area contributed by atoms with Gasteiger partial charge in [-0.05, 0) is 67.9 Å². The minimum Gasteiger partial charge on any atom is -0.494 e. The van der Waals surface area contributed by atoms with Crippen LogP contribution in [0, 0.1) is 11.3 Å². The molecule has 190 valence electrons. The fourth-order valence-electron chi connectivity index (χ4n) is 3.27. The Hall–Kier alpha value is -4.84. The van der Waals surface area contributed by atoms with Crippen LogP contribution in [0.2, 0.25) is 0 Å². The van der Waals surface area contributed by atoms with Crippen LogP contribution in [0.1, 0.15) is 37.0 Å². The zero-order chi connectivity index (χ0) is 26.5. The van der Waals surface area contributed by atoms with E-state index in [1.807, 2.05) is 26.0 Å². The number of nitriles is 1. The second kappa shape index (κ2) is 13.9. The van der Waals surface area contributed by atoms with Crippen molar-refractivity contribution in [3.8, 4) is 23.3 Å². The Labute approximate surface area is 215 Å². The van der Waals surface area contributed by atoms with Crippen LogP contribution in [0.15, 0.2) is 71.8 Å². The van der Waals surface area contributed by atoms with E-state index in [0.717, 1.165) is 5.56 Å². The molecule has 0 aliphatic rings. The first-order chi connectivity index (χ1) is 18.0. The molecule has 0 unspecified atom stereocenters. The summed E-state index contributed by atoms with van der Waals surface area (Å²) in [7, 11) is 0. The molecule has 9 heteroatoms. The number of carbonyl (C=O) groups excluding carboxylic acids is 2. The van der Waals surface area contributed by atoms with Crippen molar-refractivity contribution in [2.75, 3.05) is 18.5 Å². The molecule has 0 saturated carbocycles. The van der Waals surface area contributed by atoms with Gasteiger partial charge in [-0.1, -0.05) is 18.2 Å². The van der Waals surface area contributed by atoms with E-state index in [9.17, 15) is 14.9 Å². The summed E-state index contributed by atoms with van der Waals surface area (Å²) in [4.78, 5) is 24.2. The number of benzene rings is 3. The second-order valence-corrected chi connectivity index (χ2v) is 7.67. The van der Waals surface area contributed by atoms with E-state index in [1.165, 1.54) is 6.21 Å². The van der Waals surface area contributed by atoms with Gasteiger partial charge in [0.2, 0.25) is 11.8 Å². The number of ether oxygens (including phenoxy) is 3. The lowest BCUT2D eigenvalue weighted by Gasteiger charge is -2.13. The summed E-state index contributed by atoms with van der Waals surface area (Å²) in [5.41, 5.74) is 4.89. The van der Waals surface area contributed by atoms with E-state index in [4.69, 9.17) is 14.2 Å². The molecule has 0 aliphatic heterocycles. The van der Waals surface area contributed by atoms with Crippen molar-refractivity contribution in [2.24, 2.45) is 5.10 Å². The first-order valence-corrected chi connectivity index (χ1v) is 11.7. The van der Waals surface area contributed by atoms with Gasteiger partial charge < -0.3 is 19.5 Å². The van der Waals surface area contributed by atoms with Gasteiger partial charge in [0.25, 0.3) is 0 Å². The molecular formula is C28H28N4O5. The fourth-order valence-corrected chi connectivity index (χ4v) is 3.27. The molecule has 0 fully saturated rings. The number of anilines is 1. The molecule has 37 heavy (non-hydrogen) atoms. The quantitative estimate of drug-likeness (QED) is 0.216. The van der Waals surface area contributed by atoms with Crippen molar-refractivity contribution in [1.29, 1.82) is 5.26 Å². The highest BCUT2D eigenvalue weighted by atomic mass is 16.5. The number of hydrogen-bond acceptors (Lipinski definition) is 7. The first kappa shape index (κ1) is 26.8. The smallest absolute Gasteiger partial charge is 0.249 e. The SMILES string of the molecule is CCOc1ccc(NC(=O)CC(=O)NN=Cc2ccc(OCc3ccccc3C#N)c(OCC)c2)cc1. The largest absolute Gasteiger partial charge is 0.494 e. The highest BCUT2D eigenvalue weighted by Gasteiger charge is 2.10. The number of amides is 2. The average molecular weight is 501 g/mol. The van der Waals surface area contributed by atoms with Crippen LogP contribution < -0.4 is 25.0 Å². The van der Waals surface area contributed by atoms with Crippen molar-refractivity contribution in [3.63, 3.8) is 0 Å². The third kappa shape index (κ3) is 8.40. The molecule has 0 heterocycles. The van der Waals surface area contributed by atoms with Gasteiger partial charge in [-0.25, -0.2) is 5.43 Å². The number of nitrogens with zero attached hydrogens (tertiary/aromatic N) is 2. The Morgan fingerprint density at radius 2 is 1.68 bits per heavy atom. The summed E-state index contributed by atoms with van der Waals surface area (Å²) < 4.78 is 16.9. The third-order valence-corrected chi connectivity index (χ3v) is 4.96. The van der Waals surface area contributed by atoms with Gasteiger partial charge in [-0.2, -0.15) is 10.4 Å². The van der Waals surface area contributed by atoms with Gasteiger partial charge >= 0.3 is 0 Å². The predicted octanol–water partition coefficient (Wildman–Crippen LogP) is 4.41. The van der Waals surface area contributed by atoms with Gasteiger partial charge in [-0.15, -0.1) is 0 Å². The minimum absolute atomic E-state index is 0.214. The third-order valence-electron chi connectivity index (χ3n) is 4.96. The van der Waals surface area contributed by atoms with Crippen LogP contribution >= 0.6 is 0 Å². The number of hydrogen-bond donors (Lipinski definition) is 2. The van der Waals surface area contributed by atoms with Crippen LogP contribution in [0.3, 0.4) is 0 Å². The molecule has 0 aromatic heterocycles. The second-order valence-electron chi connectivity index (χ2n) is 7.67. The van der Waals surface area contributed by atoms with E-state index in [1.54, 1.807) is 54.6 Å². The van der Waals surface area contributed by atoms with Gasteiger partial charge in [0, 0.05) is 11.3 Å². The molecule has 3 rings (SSSR count). The molecule has 2 N–H and O–H groups in total. The van der Waals surface area contributed by atoms with Gasteiger partial charge in [0.15, 0.2) is 11.5 Å². The molecule has 0 atom stereocenters. The Bertz CT molecular complexity index is 1280. The molecule has 0 radical (unpaired) electrons. The van der Waals surface area contributed by atoms with E-state index in [0.29, 0.717) is 47.3 Å². The molecule has 2 amide bonds. The number of hydrazone groups is 1. The van der Waals surface area contributed by atoms with E-state index < -0.39 is 11.8 Å². The Morgan fingerprint density at radius 1 is 0.919 bits per heavy atom. The summed E-state index contributed by atoms with van der Waals surface area (Å²) in [5.74, 6) is 0.698. The Morgan fingerprint density at radius 3 is 2.41 bits per heavy atom. The summed E-state index contributed by atoms with van der Waals surface area (Å²) >= 11 is 0.